The van der Waals surface area contributed by atoms with E-state index in [1.54, 1.807) is 0 Å². The van der Waals surface area contributed by atoms with E-state index in [4.69, 9.17) is 5.73 Å². The second-order valence-corrected chi connectivity index (χ2v) is 5.45. The summed E-state index contributed by atoms with van der Waals surface area (Å²) in [6, 6.07) is 10.8. The van der Waals surface area contributed by atoms with E-state index in [9.17, 15) is 4.79 Å². The van der Waals surface area contributed by atoms with Gasteiger partial charge in [0.1, 0.15) is 0 Å². The first-order valence-electron chi connectivity index (χ1n) is 7.41. The van der Waals surface area contributed by atoms with Gasteiger partial charge in [-0.15, -0.1) is 0 Å². The fourth-order valence-corrected chi connectivity index (χ4v) is 2.64. The molecule has 1 fully saturated rings. The van der Waals surface area contributed by atoms with Crippen molar-refractivity contribution in [2.75, 3.05) is 13.1 Å². The van der Waals surface area contributed by atoms with Gasteiger partial charge in [0.25, 0.3) is 0 Å². The molecule has 0 bridgehead atoms. The summed E-state index contributed by atoms with van der Waals surface area (Å²) in [4.78, 5) is 17.9. The van der Waals surface area contributed by atoms with E-state index in [0.717, 1.165) is 44.5 Å². The SMILES string of the molecule is CC(=NC1CCN(Cc2ccccc2)CC1)C(C=O)=CN. The van der Waals surface area contributed by atoms with Crippen LogP contribution < -0.4 is 5.73 Å². The smallest absolute Gasteiger partial charge is 0.153 e. The molecule has 0 amide bonds. The van der Waals surface area contributed by atoms with E-state index in [0.29, 0.717) is 11.6 Å². The Morgan fingerprint density at radius 1 is 1.33 bits per heavy atom. The Bertz CT molecular complexity index is 514. The van der Waals surface area contributed by atoms with Crippen LogP contribution in [0, 0.1) is 0 Å². The number of hydrogen-bond donors (Lipinski definition) is 1. The van der Waals surface area contributed by atoms with Gasteiger partial charge in [-0.05, 0) is 25.3 Å². The summed E-state index contributed by atoms with van der Waals surface area (Å²) in [5.41, 5.74) is 8.00. The molecule has 4 nitrogen and oxygen atoms in total. The summed E-state index contributed by atoms with van der Waals surface area (Å²) in [7, 11) is 0. The molecule has 21 heavy (non-hydrogen) atoms. The second kappa shape index (κ2) is 7.74. The molecule has 1 aromatic rings. The van der Waals surface area contributed by atoms with Gasteiger partial charge < -0.3 is 5.73 Å². The minimum Gasteiger partial charge on any atom is -0.404 e. The first-order chi connectivity index (χ1) is 10.2. The number of carbonyl (C=O) groups is 1. The first-order valence-corrected chi connectivity index (χ1v) is 7.41. The van der Waals surface area contributed by atoms with Crippen LogP contribution in [0.4, 0.5) is 0 Å². The molecule has 0 spiro atoms. The fourth-order valence-electron chi connectivity index (χ4n) is 2.64. The molecule has 0 atom stereocenters. The minimum absolute atomic E-state index is 0.298. The van der Waals surface area contributed by atoms with Crippen LogP contribution in [0.5, 0.6) is 0 Å². The van der Waals surface area contributed by atoms with Crippen molar-refractivity contribution in [2.24, 2.45) is 10.7 Å². The number of aldehydes is 1. The molecule has 2 N–H and O–H groups in total. The van der Waals surface area contributed by atoms with Gasteiger partial charge in [-0.3, -0.25) is 14.7 Å². The lowest BCUT2D eigenvalue weighted by molar-refractivity contribution is -0.104. The topological polar surface area (TPSA) is 58.7 Å². The number of aliphatic imine (C=N–C) groups is 1. The maximum Gasteiger partial charge on any atom is 0.153 e. The summed E-state index contributed by atoms with van der Waals surface area (Å²) >= 11 is 0. The Hall–Kier alpha value is -1.94. The molecule has 0 saturated carbocycles. The highest BCUT2D eigenvalue weighted by molar-refractivity contribution is 6.13. The molecular formula is C17H23N3O. The summed E-state index contributed by atoms with van der Waals surface area (Å²) in [6.07, 6.45) is 4.15. The molecular weight excluding hydrogens is 262 g/mol. The van der Waals surface area contributed by atoms with Crippen LogP contribution in [-0.4, -0.2) is 36.0 Å². The Labute approximate surface area is 126 Å². The van der Waals surface area contributed by atoms with Gasteiger partial charge in [-0.25, -0.2) is 0 Å². The molecule has 1 aliphatic rings. The monoisotopic (exact) mass is 285 g/mol. The number of nitrogens with two attached hydrogens (primary N) is 1. The van der Waals surface area contributed by atoms with Crippen molar-refractivity contribution in [3.8, 4) is 0 Å². The number of likely N-dealkylation sites (tertiary alicyclic amines) is 1. The number of allylic oxidation sites excluding steroid dienone is 1. The Kier molecular flexibility index (Phi) is 5.69. The van der Waals surface area contributed by atoms with Crippen molar-refractivity contribution in [3.05, 3.63) is 47.7 Å². The fraction of sp³-hybridized carbons (Fsp3) is 0.412. The quantitative estimate of drug-likeness (QED) is 0.512. The number of piperidine rings is 1. The Morgan fingerprint density at radius 2 is 2.00 bits per heavy atom. The number of hydrogen-bond acceptors (Lipinski definition) is 4. The third kappa shape index (κ3) is 4.53. The van der Waals surface area contributed by atoms with Gasteiger partial charge in [-0.1, -0.05) is 30.3 Å². The van der Waals surface area contributed by atoms with Crippen molar-refractivity contribution >= 4 is 12.0 Å². The van der Waals surface area contributed by atoms with Crippen LogP contribution in [0.1, 0.15) is 25.3 Å². The predicted octanol–water partition coefficient (Wildman–Crippen LogP) is 2.15. The number of benzene rings is 1. The zero-order valence-corrected chi connectivity index (χ0v) is 12.5. The van der Waals surface area contributed by atoms with E-state index < -0.39 is 0 Å². The molecule has 0 radical (unpaired) electrons. The van der Waals surface area contributed by atoms with E-state index in [1.165, 1.54) is 11.8 Å². The highest BCUT2D eigenvalue weighted by Crippen LogP contribution is 2.17. The van der Waals surface area contributed by atoms with Crippen LogP contribution in [0.25, 0.3) is 0 Å². The Balaban J connectivity index is 1.86. The lowest BCUT2D eigenvalue weighted by atomic mass is 10.0. The van der Waals surface area contributed by atoms with Gasteiger partial charge in [0.15, 0.2) is 6.29 Å². The number of rotatable bonds is 5. The van der Waals surface area contributed by atoms with Crippen LogP contribution in [0.15, 0.2) is 47.1 Å². The van der Waals surface area contributed by atoms with Crippen LogP contribution in [0.2, 0.25) is 0 Å². The molecule has 1 aromatic carbocycles. The van der Waals surface area contributed by atoms with E-state index in [2.05, 4.69) is 34.2 Å². The number of nitrogens with zero attached hydrogens (tertiary/aromatic N) is 2. The molecule has 0 aromatic heterocycles. The average molecular weight is 285 g/mol. The van der Waals surface area contributed by atoms with E-state index >= 15 is 0 Å². The minimum atomic E-state index is 0.298. The van der Waals surface area contributed by atoms with Crippen LogP contribution in [-0.2, 0) is 11.3 Å². The van der Waals surface area contributed by atoms with Gasteiger partial charge in [0.2, 0.25) is 0 Å². The lowest BCUT2D eigenvalue weighted by Crippen LogP contribution is -2.35. The van der Waals surface area contributed by atoms with Gasteiger partial charge in [0.05, 0.1) is 11.6 Å². The molecule has 112 valence electrons. The van der Waals surface area contributed by atoms with Crippen LogP contribution >= 0.6 is 0 Å². The highest BCUT2D eigenvalue weighted by Gasteiger charge is 2.19. The predicted molar refractivity (Wildman–Crippen MR) is 86.2 cm³/mol. The molecule has 2 rings (SSSR count). The molecule has 1 heterocycles. The second-order valence-electron chi connectivity index (χ2n) is 5.45. The summed E-state index contributed by atoms with van der Waals surface area (Å²) in [6.45, 7) is 4.93. The maximum absolute atomic E-state index is 10.8. The summed E-state index contributed by atoms with van der Waals surface area (Å²) in [5.74, 6) is 0. The normalized spacial score (nSPS) is 18.7. The lowest BCUT2D eigenvalue weighted by Gasteiger charge is -2.30. The molecule has 1 saturated heterocycles. The molecule has 4 heteroatoms. The molecule has 1 aliphatic heterocycles. The van der Waals surface area contributed by atoms with E-state index in [1.807, 2.05) is 13.0 Å². The third-order valence-corrected chi connectivity index (χ3v) is 3.91. The number of carbonyl (C=O) groups excluding carboxylic acids is 1. The van der Waals surface area contributed by atoms with Gasteiger partial charge >= 0.3 is 0 Å². The van der Waals surface area contributed by atoms with Crippen molar-refractivity contribution in [2.45, 2.75) is 32.4 Å². The third-order valence-electron chi connectivity index (χ3n) is 3.91. The summed E-state index contributed by atoms with van der Waals surface area (Å²) < 4.78 is 0. The highest BCUT2D eigenvalue weighted by atomic mass is 16.1. The zero-order chi connectivity index (χ0) is 15.1. The van der Waals surface area contributed by atoms with Crippen molar-refractivity contribution in [1.29, 1.82) is 0 Å². The Morgan fingerprint density at radius 3 is 2.57 bits per heavy atom. The molecule has 0 aliphatic carbocycles. The summed E-state index contributed by atoms with van der Waals surface area (Å²) in [5, 5.41) is 0. The maximum atomic E-state index is 10.8. The average Bonchev–Trinajstić information content (AvgIpc) is 2.51. The van der Waals surface area contributed by atoms with Crippen molar-refractivity contribution in [1.82, 2.24) is 4.90 Å². The van der Waals surface area contributed by atoms with Gasteiger partial charge in [0, 0.05) is 31.5 Å². The standard InChI is InChI=1S/C17H23N3O/c1-14(16(11-18)13-21)19-17-7-9-20(10-8-17)12-15-5-3-2-4-6-15/h2-6,11,13,17H,7-10,12,18H2,1H3. The van der Waals surface area contributed by atoms with Crippen molar-refractivity contribution < 1.29 is 4.79 Å². The van der Waals surface area contributed by atoms with E-state index in [-0.39, 0.29) is 0 Å². The largest absolute Gasteiger partial charge is 0.404 e. The van der Waals surface area contributed by atoms with Gasteiger partial charge in [-0.2, -0.15) is 0 Å². The van der Waals surface area contributed by atoms with Crippen molar-refractivity contribution in [3.63, 3.8) is 0 Å². The zero-order valence-electron chi connectivity index (χ0n) is 12.5. The van der Waals surface area contributed by atoms with Crippen LogP contribution in [0.3, 0.4) is 0 Å². The molecule has 0 unspecified atom stereocenters. The first kappa shape index (κ1) is 15.4.